The number of carboxylic acid groups (broad SMARTS) is 1. The summed E-state index contributed by atoms with van der Waals surface area (Å²) in [6, 6.07) is 4.58. The standard InChI is InChI=1S/C16H18BNO7/c1-9(19)7-11(20)5-6-14(21)18-13-8-10-3-2-4-12(16(22)23)15(10)25-17(13)24/h2-4,13,24H,5-8H2,1H3,(H,18,21)(H,22,23)/t13-/m0/s1. The molecule has 1 heterocycles. The van der Waals surface area contributed by atoms with Gasteiger partial charge < -0.3 is 20.1 Å². The highest BCUT2D eigenvalue weighted by Crippen LogP contribution is 2.30. The van der Waals surface area contributed by atoms with E-state index in [9.17, 15) is 24.2 Å². The molecule has 0 fully saturated rings. The minimum atomic E-state index is -1.40. The van der Waals surface area contributed by atoms with Crippen LogP contribution < -0.4 is 9.97 Å². The van der Waals surface area contributed by atoms with Crippen molar-refractivity contribution in [3.63, 3.8) is 0 Å². The van der Waals surface area contributed by atoms with Crippen LogP contribution >= 0.6 is 0 Å². The molecule has 0 unspecified atom stereocenters. The second-order valence-corrected chi connectivity index (χ2v) is 5.90. The van der Waals surface area contributed by atoms with Crippen LogP contribution in [0.1, 0.15) is 42.1 Å². The van der Waals surface area contributed by atoms with Crippen molar-refractivity contribution in [2.24, 2.45) is 0 Å². The van der Waals surface area contributed by atoms with Crippen LogP contribution in [-0.2, 0) is 20.8 Å². The average molecular weight is 347 g/mol. The van der Waals surface area contributed by atoms with Crippen molar-refractivity contribution >= 4 is 30.6 Å². The SMILES string of the molecule is CC(=O)CC(=O)CCC(=O)N[C@H]1Cc2cccc(C(=O)O)c2OB1O. The molecule has 3 N–H and O–H groups in total. The molecule has 0 bridgehead atoms. The van der Waals surface area contributed by atoms with Crippen LogP contribution in [0.25, 0.3) is 0 Å². The summed E-state index contributed by atoms with van der Waals surface area (Å²) in [7, 11) is -1.40. The van der Waals surface area contributed by atoms with Gasteiger partial charge in [0, 0.05) is 12.8 Å². The number of carbonyl (C=O) groups is 4. The average Bonchev–Trinajstić information content (AvgIpc) is 2.52. The number of rotatable bonds is 7. The fraction of sp³-hybridized carbons (Fsp3) is 0.375. The van der Waals surface area contributed by atoms with Crippen molar-refractivity contribution in [3.05, 3.63) is 29.3 Å². The van der Waals surface area contributed by atoms with E-state index in [1.807, 2.05) is 0 Å². The minimum Gasteiger partial charge on any atom is -0.534 e. The van der Waals surface area contributed by atoms with Crippen LogP contribution in [0.2, 0.25) is 0 Å². The first-order valence-electron chi connectivity index (χ1n) is 7.78. The van der Waals surface area contributed by atoms with Gasteiger partial charge in [0.05, 0.1) is 17.9 Å². The zero-order chi connectivity index (χ0) is 18.6. The molecular formula is C16H18BNO7. The molecule has 1 atom stereocenters. The lowest BCUT2D eigenvalue weighted by Crippen LogP contribution is -2.53. The summed E-state index contributed by atoms with van der Waals surface area (Å²) < 4.78 is 5.26. The van der Waals surface area contributed by atoms with Gasteiger partial charge in [-0.15, -0.1) is 0 Å². The lowest BCUT2D eigenvalue weighted by Gasteiger charge is -2.28. The number of carbonyl (C=O) groups excluding carboxylic acids is 3. The molecular weight excluding hydrogens is 329 g/mol. The molecule has 0 radical (unpaired) electrons. The molecule has 0 aliphatic carbocycles. The van der Waals surface area contributed by atoms with E-state index in [2.05, 4.69) is 5.32 Å². The number of hydrogen-bond acceptors (Lipinski definition) is 6. The van der Waals surface area contributed by atoms with E-state index in [4.69, 9.17) is 9.76 Å². The molecule has 1 aromatic carbocycles. The molecule has 9 heteroatoms. The Labute approximate surface area is 144 Å². The van der Waals surface area contributed by atoms with Gasteiger partial charge >= 0.3 is 13.1 Å². The van der Waals surface area contributed by atoms with Gasteiger partial charge in [-0.1, -0.05) is 12.1 Å². The molecule has 0 spiro atoms. The molecule has 0 saturated carbocycles. The Morgan fingerprint density at radius 3 is 2.64 bits per heavy atom. The van der Waals surface area contributed by atoms with Crippen LogP contribution in [0.5, 0.6) is 5.75 Å². The maximum atomic E-state index is 11.9. The maximum Gasteiger partial charge on any atom is 0.547 e. The molecule has 1 aliphatic rings. The quantitative estimate of drug-likeness (QED) is 0.473. The van der Waals surface area contributed by atoms with Crippen LogP contribution in [0.3, 0.4) is 0 Å². The molecule has 25 heavy (non-hydrogen) atoms. The first kappa shape index (κ1) is 18.7. The molecule has 132 valence electrons. The molecule has 8 nitrogen and oxygen atoms in total. The number of benzene rings is 1. The van der Waals surface area contributed by atoms with E-state index in [1.165, 1.54) is 13.0 Å². The minimum absolute atomic E-state index is 0.0591. The number of para-hydroxylation sites is 1. The molecule has 2 rings (SSSR count). The van der Waals surface area contributed by atoms with Gasteiger partial charge in [0.2, 0.25) is 5.91 Å². The molecule has 0 aromatic heterocycles. The summed E-state index contributed by atoms with van der Waals surface area (Å²) in [6.45, 7) is 1.30. The Hall–Kier alpha value is -2.68. The normalized spacial score (nSPS) is 15.8. The van der Waals surface area contributed by atoms with Gasteiger partial charge in [-0.25, -0.2) is 4.79 Å². The number of nitrogens with one attached hydrogen (secondary N) is 1. The predicted octanol–water partition coefficient (Wildman–Crippen LogP) is 0.153. The monoisotopic (exact) mass is 347 g/mol. The summed E-state index contributed by atoms with van der Waals surface area (Å²) in [5.74, 6) is -2.87. The topological polar surface area (TPSA) is 130 Å². The molecule has 1 amide bonds. The highest BCUT2D eigenvalue weighted by molar-refractivity contribution is 6.47. The van der Waals surface area contributed by atoms with Crippen LogP contribution in [0, 0.1) is 0 Å². The second kappa shape index (κ2) is 7.93. The van der Waals surface area contributed by atoms with Crippen LogP contribution in [-0.4, -0.2) is 46.6 Å². The van der Waals surface area contributed by atoms with Crippen molar-refractivity contribution in [1.82, 2.24) is 5.32 Å². The van der Waals surface area contributed by atoms with Gasteiger partial charge in [0.15, 0.2) is 0 Å². The van der Waals surface area contributed by atoms with E-state index < -0.39 is 24.9 Å². The van der Waals surface area contributed by atoms with E-state index in [0.29, 0.717) is 5.56 Å². The Bertz CT molecular complexity index is 718. The number of carboxylic acids is 1. The largest absolute Gasteiger partial charge is 0.547 e. The zero-order valence-corrected chi connectivity index (χ0v) is 13.7. The van der Waals surface area contributed by atoms with Gasteiger partial charge in [0.25, 0.3) is 0 Å². The van der Waals surface area contributed by atoms with E-state index in [0.717, 1.165) is 0 Å². The fourth-order valence-electron chi connectivity index (χ4n) is 2.61. The van der Waals surface area contributed by atoms with Gasteiger partial charge in [0.1, 0.15) is 17.3 Å². The fourth-order valence-corrected chi connectivity index (χ4v) is 2.61. The smallest absolute Gasteiger partial charge is 0.534 e. The summed E-state index contributed by atoms with van der Waals surface area (Å²) in [4.78, 5) is 45.4. The van der Waals surface area contributed by atoms with E-state index in [1.54, 1.807) is 12.1 Å². The lowest BCUT2D eigenvalue weighted by molar-refractivity contribution is -0.128. The summed E-state index contributed by atoms with van der Waals surface area (Å²) in [6.07, 6.45) is -0.162. The highest BCUT2D eigenvalue weighted by atomic mass is 16.5. The zero-order valence-electron chi connectivity index (χ0n) is 13.7. The Morgan fingerprint density at radius 1 is 1.28 bits per heavy atom. The third-order valence-corrected chi connectivity index (χ3v) is 3.77. The van der Waals surface area contributed by atoms with E-state index in [-0.39, 0.29) is 48.6 Å². The first-order chi connectivity index (χ1) is 11.8. The first-order valence-corrected chi connectivity index (χ1v) is 7.78. The molecule has 1 aliphatic heterocycles. The molecule has 1 aromatic rings. The van der Waals surface area contributed by atoms with Gasteiger partial charge in [-0.2, -0.15) is 0 Å². The molecule has 0 saturated heterocycles. The van der Waals surface area contributed by atoms with Crippen LogP contribution in [0.15, 0.2) is 18.2 Å². The van der Waals surface area contributed by atoms with Crippen molar-refractivity contribution in [2.45, 2.75) is 38.5 Å². The van der Waals surface area contributed by atoms with Crippen molar-refractivity contribution in [2.75, 3.05) is 0 Å². The summed E-state index contributed by atoms with van der Waals surface area (Å²) in [5, 5.41) is 21.7. The number of fused-ring (bicyclic) bond motifs is 1. The summed E-state index contributed by atoms with van der Waals surface area (Å²) >= 11 is 0. The lowest BCUT2D eigenvalue weighted by atomic mass is 9.72. The number of Topliss-reactive ketones (excluding diaryl/α,β-unsaturated/α-hetero) is 2. The van der Waals surface area contributed by atoms with Crippen molar-refractivity contribution in [3.8, 4) is 5.75 Å². The Kier molecular flexibility index (Phi) is 5.92. The Balaban J connectivity index is 1.97. The maximum absolute atomic E-state index is 11.9. The van der Waals surface area contributed by atoms with E-state index >= 15 is 0 Å². The number of aromatic carboxylic acids is 1. The number of amides is 1. The van der Waals surface area contributed by atoms with Crippen molar-refractivity contribution in [1.29, 1.82) is 0 Å². The second-order valence-electron chi connectivity index (χ2n) is 5.90. The number of ketones is 2. The summed E-state index contributed by atoms with van der Waals surface area (Å²) in [5.41, 5.74) is 0.499. The third kappa shape index (κ3) is 4.90. The predicted molar refractivity (Wildman–Crippen MR) is 87.2 cm³/mol. The van der Waals surface area contributed by atoms with Gasteiger partial charge in [-0.3, -0.25) is 14.4 Å². The van der Waals surface area contributed by atoms with Crippen molar-refractivity contribution < 1.29 is 34.0 Å². The van der Waals surface area contributed by atoms with Gasteiger partial charge in [-0.05, 0) is 25.0 Å². The Morgan fingerprint density at radius 2 is 2.00 bits per heavy atom. The number of hydrogen-bond donors (Lipinski definition) is 3. The highest BCUT2D eigenvalue weighted by Gasteiger charge is 2.37. The van der Waals surface area contributed by atoms with Crippen LogP contribution in [0.4, 0.5) is 0 Å². The third-order valence-electron chi connectivity index (χ3n) is 3.77.